The second-order valence-electron chi connectivity index (χ2n) is 8.98. The van der Waals surface area contributed by atoms with E-state index in [1.807, 2.05) is 74.5 Å². The summed E-state index contributed by atoms with van der Waals surface area (Å²) in [6.45, 7) is 3.70. The van der Waals surface area contributed by atoms with Crippen molar-refractivity contribution >= 4 is 17.6 Å². The topological polar surface area (TPSA) is 92.3 Å². The average Bonchev–Trinajstić information content (AvgIpc) is 3.22. The zero-order chi connectivity index (χ0) is 24.6. The van der Waals surface area contributed by atoms with E-state index in [1.54, 1.807) is 12.1 Å². The van der Waals surface area contributed by atoms with Gasteiger partial charge >= 0.3 is 0 Å². The highest BCUT2D eigenvalue weighted by Gasteiger charge is 2.33. The average molecular weight is 463 g/mol. The first-order valence-corrected chi connectivity index (χ1v) is 11.2. The summed E-state index contributed by atoms with van der Waals surface area (Å²) in [4.78, 5) is 25.8. The monoisotopic (exact) mass is 462 g/mol. The number of furan rings is 1. The largest absolute Gasteiger partial charge is 0.487 e. The number of hydrogen-bond donors (Lipinski definition) is 1. The Kier molecular flexibility index (Phi) is 5.46. The SMILES string of the molecule is CC1(C)CC(=O)c2cc(C(=O)Nc3oc(-c4ccccc4)c(-c4ccccc4)c3C#N)ccc2O1. The molecule has 0 aliphatic carbocycles. The summed E-state index contributed by atoms with van der Waals surface area (Å²) in [5.74, 6) is 0.419. The number of hydrogen-bond acceptors (Lipinski definition) is 5. The van der Waals surface area contributed by atoms with E-state index >= 15 is 0 Å². The summed E-state index contributed by atoms with van der Waals surface area (Å²) < 4.78 is 12.0. The quantitative estimate of drug-likeness (QED) is 0.375. The molecule has 2 heterocycles. The van der Waals surface area contributed by atoms with Crippen molar-refractivity contribution in [2.24, 2.45) is 0 Å². The summed E-state index contributed by atoms with van der Waals surface area (Å²) in [5.41, 5.74) is 2.45. The fourth-order valence-electron chi connectivity index (χ4n) is 4.27. The van der Waals surface area contributed by atoms with Crippen molar-refractivity contribution in [1.82, 2.24) is 0 Å². The molecular weight excluding hydrogens is 440 g/mol. The van der Waals surface area contributed by atoms with E-state index in [1.165, 1.54) is 6.07 Å². The minimum Gasteiger partial charge on any atom is -0.487 e. The number of nitrogens with one attached hydrogen (secondary N) is 1. The van der Waals surface area contributed by atoms with Crippen molar-refractivity contribution in [3.8, 4) is 34.3 Å². The normalized spacial score (nSPS) is 13.9. The predicted octanol–water partition coefficient (Wildman–Crippen LogP) is 6.48. The van der Waals surface area contributed by atoms with Crippen LogP contribution in [0.3, 0.4) is 0 Å². The number of nitriles is 1. The Morgan fingerprint density at radius 1 is 0.971 bits per heavy atom. The third kappa shape index (κ3) is 4.20. The second kappa shape index (κ2) is 8.62. The van der Waals surface area contributed by atoms with Crippen molar-refractivity contribution in [2.45, 2.75) is 25.9 Å². The van der Waals surface area contributed by atoms with Gasteiger partial charge in [0.25, 0.3) is 5.91 Å². The summed E-state index contributed by atoms with van der Waals surface area (Å²) in [6.07, 6.45) is 0.225. The Morgan fingerprint density at radius 2 is 1.63 bits per heavy atom. The van der Waals surface area contributed by atoms with Crippen molar-refractivity contribution in [3.63, 3.8) is 0 Å². The van der Waals surface area contributed by atoms with Gasteiger partial charge in [-0.25, -0.2) is 0 Å². The van der Waals surface area contributed by atoms with Crippen LogP contribution in [0.25, 0.3) is 22.5 Å². The molecule has 0 spiro atoms. The predicted molar refractivity (Wildman–Crippen MR) is 132 cm³/mol. The van der Waals surface area contributed by atoms with Crippen LogP contribution in [0, 0.1) is 11.3 Å². The van der Waals surface area contributed by atoms with E-state index in [9.17, 15) is 14.9 Å². The van der Waals surface area contributed by atoms with Gasteiger partial charge in [-0.3, -0.25) is 14.9 Å². The number of rotatable bonds is 4. The number of nitrogens with zero attached hydrogens (tertiary/aromatic N) is 1. The lowest BCUT2D eigenvalue weighted by Gasteiger charge is -2.31. The van der Waals surface area contributed by atoms with Crippen LogP contribution in [0.1, 0.15) is 46.5 Å². The number of carbonyl (C=O) groups is 2. The molecule has 4 aromatic rings. The number of ether oxygens (including phenoxy) is 1. The van der Waals surface area contributed by atoms with Crippen LogP contribution in [0.2, 0.25) is 0 Å². The van der Waals surface area contributed by atoms with Crippen LogP contribution in [-0.4, -0.2) is 17.3 Å². The molecule has 0 bridgehead atoms. The minimum atomic E-state index is -0.592. The van der Waals surface area contributed by atoms with Crippen molar-refractivity contribution in [1.29, 1.82) is 5.26 Å². The van der Waals surface area contributed by atoms with E-state index < -0.39 is 11.5 Å². The maximum atomic E-state index is 13.2. The standard InChI is InChI=1S/C29H22N2O4/c1-29(2)16-23(32)21-15-20(13-14-24(21)35-29)27(33)31-28-22(17-30)25(18-9-5-3-6-10-18)26(34-28)19-11-7-4-8-12-19/h3-15H,16H2,1-2H3,(H,31,33). The lowest BCUT2D eigenvalue weighted by Crippen LogP contribution is -2.36. The molecule has 0 unspecified atom stereocenters. The fourth-order valence-corrected chi connectivity index (χ4v) is 4.27. The molecule has 3 aromatic carbocycles. The zero-order valence-electron chi connectivity index (χ0n) is 19.3. The highest BCUT2D eigenvalue weighted by atomic mass is 16.5. The number of benzene rings is 3. The van der Waals surface area contributed by atoms with Crippen LogP contribution >= 0.6 is 0 Å². The molecule has 1 amide bonds. The first kappa shape index (κ1) is 22.2. The maximum Gasteiger partial charge on any atom is 0.258 e. The van der Waals surface area contributed by atoms with Crippen LogP contribution in [-0.2, 0) is 0 Å². The van der Waals surface area contributed by atoms with Crippen LogP contribution in [0.5, 0.6) is 5.75 Å². The van der Waals surface area contributed by atoms with E-state index in [4.69, 9.17) is 9.15 Å². The summed E-state index contributed by atoms with van der Waals surface area (Å²) in [6, 6.07) is 25.8. The molecular formula is C29H22N2O4. The first-order valence-electron chi connectivity index (χ1n) is 11.2. The van der Waals surface area contributed by atoms with Crippen LogP contribution in [0.4, 0.5) is 5.88 Å². The van der Waals surface area contributed by atoms with Gasteiger partial charge in [-0.05, 0) is 37.6 Å². The van der Waals surface area contributed by atoms with E-state index in [0.717, 1.165) is 11.1 Å². The molecule has 1 N–H and O–H groups in total. The van der Waals surface area contributed by atoms with Gasteiger partial charge in [-0.2, -0.15) is 5.26 Å². The Labute approximate surface area is 202 Å². The number of Topliss-reactive ketones (excluding diaryl/α,β-unsaturated/α-hetero) is 1. The number of fused-ring (bicyclic) bond motifs is 1. The Balaban J connectivity index is 1.55. The van der Waals surface area contributed by atoms with E-state index in [0.29, 0.717) is 22.6 Å². The van der Waals surface area contributed by atoms with Gasteiger partial charge in [0.2, 0.25) is 5.88 Å². The van der Waals surface area contributed by atoms with Gasteiger partial charge in [-0.1, -0.05) is 60.7 Å². The fraction of sp³-hybridized carbons (Fsp3) is 0.138. The highest BCUT2D eigenvalue weighted by molar-refractivity contribution is 6.08. The third-order valence-electron chi connectivity index (χ3n) is 5.86. The summed E-state index contributed by atoms with van der Waals surface area (Å²) >= 11 is 0. The number of carbonyl (C=O) groups excluding carboxylic acids is 2. The number of amides is 1. The van der Waals surface area contributed by atoms with Crippen molar-refractivity contribution in [3.05, 3.63) is 95.6 Å². The van der Waals surface area contributed by atoms with Gasteiger partial charge in [0.05, 0.1) is 12.0 Å². The van der Waals surface area contributed by atoms with Crippen LogP contribution in [0.15, 0.2) is 83.3 Å². The van der Waals surface area contributed by atoms with Crippen LogP contribution < -0.4 is 10.1 Å². The lowest BCUT2D eigenvalue weighted by molar-refractivity contribution is 0.0620. The van der Waals surface area contributed by atoms with E-state index in [2.05, 4.69) is 11.4 Å². The number of ketones is 1. The molecule has 5 rings (SSSR count). The molecule has 0 saturated heterocycles. The molecule has 1 aromatic heterocycles. The van der Waals surface area contributed by atoms with Gasteiger partial charge in [-0.15, -0.1) is 0 Å². The van der Waals surface area contributed by atoms with E-state index in [-0.39, 0.29) is 29.2 Å². The van der Waals surface area contributed by atoms with Gasteiger partial charge in [0.15, 0.2) is 5.78 Å². The summed E-state index contributed by atoms with van der Waals surface area (Å²) in [7, 11) is 0. The lowest BCUT2D eigenvalue weighted by atomic mass is 9.92. The van der Waals surface area contributed by atoms with Gasteiger partial charge in [0.1, 0.15) is 28.7 Å². The molecule has 1 aliphatic heterocycles. The number of anilines is 1. The molecule has 0 radical (unpaired) electrons. The molecule has 0 fully saturated rings. The maximum absolute atomic E-state index is 13.2. The molecule has 6 nitrogen and oxygen atoms in total. The molecule has 0 saturated carbocycles. The Bertz CT molecular complexity index is 1480. The highest BCUT2D eigenvalue weighted by Crippen LogP contribution is 2.41. The minimum absolute atomic E-state index is 0.0524. The zero-order valence-corrected chi connectivity index (χ0v) is 19.3. The van der Waals surface area contributed by atoms with Gasteiger partial charge < -0.3 is 9.15 Å². The first-order chi connectivity index (χ1) is 16.9. The molecule has 6 heteroatoms. The second-order valence-corrected chi connectivity index (χ2v) is 8.98. The molecule has 35 heavy (non-hydrogen) atoms. The van der Waals surface area contributed by atoms with Crippen molar-refractivity contribution in [2.75, 3.05) is 5.32 Å². The summed E-state index contributed by atoms with van der Waals surface area (Å²) in [5, 5.41) is 12.8. The molecule has 1 aliphatic rings. The molecule has 0 atom stereocenters. The van der Waals surface area contributed by atoms with Crippen molar-refractivity contribution < 1.29 is 18.7 Å². The smallest absolute Gasteiger partial charge is 0.258 e. The Morgan fingerprint density at radius 3 is 2.29 bits per heavy atom. The Hall–Kier alpha value is -4.63. The van der Waals surface area contributed by atoms with Gasteiger partial charge in [0, 0.05) is 16.7 Å². The molecule has 172 valence electrons. The third-order valence-corrected chi connectivity index (χ3v) is 5.86.